The first kappa shape index (κ1) is 28.8. The van der Waals surface area contributed by atoms with E-state index in [4.69, 9.17) is 14.6 Å². The van der Waals surface area contributed by atoms with Gasteiger partial charge < -0.3 is 20.1 Å². The largest absolute Gasteiger partial charge is 0.457 e. The van der Waals surface area contributed by atoms with Crippen LogP contribution in [0.5, 0.6) is 11.5 Å². The van der Waals surface area contributed by atoms with E-state index < -0.39 is 6.03 Å². The van der Waals surface area contributed by atoms with Crippen molar-refractivity contribution in [3.8, 4) is 17.2 Å². The zero-order chi connectivity index (χ0) is 28.9. The van der Waals surface area contributed by atoms with E-state index in [0.717, 1.165) is 16.9 Å². The second-order valence-electron chi connectivity index (χ2n) is 10.1. The van der Waals surface area contributed by atoms with Crippen LogP contribution in [-0.2, 0) is 14.9 Å². The minimum absolute atomic E-state index is 0.0756. The first-order chi connectivity index (χ1) is 19.0. The molecule has 0 saturated carbocycles. The van der Waals surface area contributed by atoms with Gasteiger partial charge in [0.05, 0.1) is 17.1 Å². The first-order valence-electron chi connectivity index (χ1n) is 12.5. The van der Waals surface area contributed by atoms with E-state index in [-0.39, 0.29) is 17.9 Å². The van der Waals surface area contributed by atoms with Gasteiger partial charge in [0.15, 0.2) is 0 Å². The van der Waals surface area contributed by atoms with E-state index in [1.807, 2.05) is 37.3 Å². The fourth-order valence-electron chi connectivity index (χ4n) is 3.64. The van der Waals surface area contributed by atoms with E-state index in [1.54, 1.807) is 35.0 Å². The number of aryl methyl sites for hydroxylation is 1. The molecule has 2 heterocycles. The lowest BCUT2D eigenvalue weighted by atomic mass is 9.92. The van der Waals surface area contributed by atoms with Gasteiger partial charge in [-0.05, 0) is 59.3 Å². The summed E-state index contributed by atoms with van der Waals surface area (Å²) < 4.78 is 13.1. The Morgan fingerprint density at radius 3 is 2.35 bits per heavy atom. The summed E-state index contributed by atoms with van der Waals surface area (Å²) in [5, 5.41) is 13.2. The molecule has 0 aliphatic carbocycles. The van der Waals surface area contributed by atoms with Crippen LogP contribution in [0.25, 0.3) is 5.69 Å². The van der Waals surface area contributed by atoms with Gasteiger partial charge in [0, 0.05) is 35.3 Å². The minimum atomic E-state index is -0.423. The number of carbonyl (C=O) groups is 2. The quantitative estimate of drug-likeness (QED) is 0.206. The molecule has 10 nitrogen and oxygen atoms in total. The standard InChI is InChI=1S/C29H31BrN6O4/c1-18-6-8-19(9-7-18)36-26(16-24(35-36)29(2,3)4)34-28(38)32-23-11-10-20(14-22(23)30)40-21-12-13-31-25(15-21)33-27(37)17-39-5/h6-16H,17H2,1-5H3,(H,31,33,37)(H2,32,34,38). The Morgan fingerprint density at radius 1 is 0.950 bits per heavy atom. The summed E-state index contributed by atoms with van der Waals surface area (Å²) in [5.41, 5.74) is 3.17. The van der Waals surface area contributed by atoms with Gasteiger partial charge in [-0.25, -0.2) is 14.5 Å². The maximum atomic E-state index is 13.0. The summed E-state index contributed by atoms with van der Waals surface area (Å²) in [5.74, 6) is 1.57. The third-order valence-electron chi connectivity index (χ3n) is 5.70. The number of carbonyl (C=O) groups excluding carboxylic acids is 2. The highest BCUT2D eigenvalue weighted by Gasteiger charge is 2.22. The second-order valence-corrected chi connectivity index (χ2v) is 10.9. The SMILES string of the molecule is COCC(=O)Nc1cc(Oc2ccc(NC(=O)Nc3cc(C(C)(C)C)nn3-c3ccc(C)cc3)c(Br)c2)ccn1. The Balaban J connectivity index is 1.46. The van der Waals surface area contributed by atoms with E-state index in [0.29, 0.717) is 33.3 Å². The van der Waals surface area contributed by atoms with Gasteiger partial charge in [-0.15, -0.1) is 0 Å². The lowest BCUT2D eigenvalue weighted by molar-refractivity contribution is -0.119. The van der Waals surface area contributed by atoms with Crippen molar-refractivity contribution in [2.75, 3.05) is 29.7 Å². The third kappa shape index (κ3) is 7.45. The maximum absolute atomic E-state index is 13.0. The Bertz CT molecular complexity index is 1510. The summed E-state index contributed by atoms with van der Waals surface area (Å²) in [6, 6.07) is 17.8. The van der Waals surface area contributed by atoms with E-state index in [9.17, 15) is 9.59 Å². The molecule has 0 saturated heterocycles. The third-order valence-corrected chi connectivity index (χ3v) is 6.35. The fraction of sp³-hybridized carbons (Fsp3) is 0.241. The normalized spacial score (nSPS) is 11.2. The van der Waals surface area contributed by atoms with Crippen molar-refractivity contribution in [3.63, 3.8) is 0 Å². The van der Waals surface area contributed by atoms with Crippen LogP contribution in [0, 0.1) is 6.92 Å². The zero-order valence-electron chi connectivity index (χ0n) is 22.9. The average molecular weight is 608 g/mol. The van der Waals surface area contributed by atoms with Gasteiger partial charge in [0.1, 0.15) is 29.7 Å². The number of hydrogen-bond acceptors (Lipinski definition) is 6. The molecule has 2 aromatic heterocycles. The molecule has 4 rings (SSSR count). The topological polar surface area (TPSA) is 119 Å². The number of methoxy groups -OCH3 is 1. The fourth-order valence-corrected chi connectivity index (χ4v) is 4.10. The van der Waals surface area contributed by atoms with Crippen molar-refractivity contribution in [3.05, 3.63) is 82.6 Å². The average Bonchev–Trinajstić information content (AvgIpc) is 3.31. The highest BCUT2D eigenvalue weighted by atomic mass is 79.9. The molecule has 3 N–H and O–H groups in total. The van der Waals surface area contributed by atoms with Gasteiger partial charge >= 0.3 is 6.03 Å². The molecule has 3 amide bonds. The van der Waals surface area contributed by atoms with Crippen LogP contribution in [0.15, 0.2) is 71.3 Å². The molecule has 11 heteroatoms. The number of halogens is 1. The van der Waals surface area contributed by atoms with Crippen LogP contribution in [-0.4, -0.2) is 40.4 Å². The van der Waals surface area contributed by atoms with E-state index >= 15 is 0 Å². The Morgan fingerprint density at radius 2 is 1.68 bits per heavy atom. The molecule has 0 aliphatic rings. The number of hydrogen-bond donors (Lipinski definition) is 3. The van der Waals surface area contributed by atoms with Gasteiger partial charge in [-0.3, -0.25) is 10.1 Å². The zero-order valence-corrected chi connectivity index (χ0v) is 24.5. The predicted octanol–water partition coefficient (Wildman–Crippen LogP) is 6.66. The number of aromatic nitrogens is 3. The lowest BCUT2D eigenvalue weighted by Gasteiger charge is -2.14. The molecule has 4 aromatic rings. The molecule has 0 atom stereocenters. The molecule has 0 radical (unpaired) electrons. The summed E-state index contributed by atoms with van der Waals surface area (Å²) in [7, 11) is 1.44. The highest BCUT2D eigenvalue weighted by Crippen LogP contribution is 2.31. The van der Waals surface area contributed by atoms with Crippen molar-refractivity contribution in [2.24, 2.45) is 0 Å². The van der Waals surface area contributed by atoms with Crippen LogP contribution in [0.1, 0.15) is 32.0 Å². The second kappa shape index (κ2) is 12.3. The molecule has 2 aromatic carbocycles. The number of ether oxygens (including phenoxy) is 2. The van der Waals surface area contributed by atoms with Crippen molar-refractivity contribution in [1.29, 1.82) is 0 Å². The maximum Gasteiger partial charge on any atom is 0.324 e. The number of anilines is 3. The number of rotatable bonds is 8. The van der Waals surface area contributed by atoms with Crippen LogP contribution >= 0.6 is 15.9 Å². The summed E-state index contributed by atoms with van der Waals surface area (Å²) in [6.45, 7) is 8.16. The molecule has 0 bridgehead atoms. The monoisotopic (exact) mass is 606 g/mol. The van der Waals surface area contributed by atoms with Gasteiger partial charge in [0.2, 0.25) is 0 Å². The summed E-state index contributed by atoms with van der Waals surface area (Å²) in [6.07, 6.45) is 1.53. The molecule has 40 heavy (non-hydrogen) atoms. The Kier molecular flexibility index (Phi) is 8.86. The number of pyridine rings is 1. The number of nitrogens with zero attached hydrogens (tertiary/aromatic N) is 3. The van der Waals surface area contributed by atoms with Gasteiger partial charge in [-0.1, -0.05) is 38.5 Å². The predicted molar refractivity (Wildman–Crippen MR) is 159 cm³/mol. The molecule has 0 unspecified atom stereocenters. The van der Waals surface area contributed by atoms with Crippen molar-refractivity contribution >= 4 is 45.2 Å². The molecule has 0 fully saturated rings. The molecular weight excluding hydrogens is 576 g/mol. The van der Waals surface area contributed by atoms with Gasteiger partial charge in [0.25, 0.3) is 5.91 Å². The summed E-state index contributed by atoms with van der Waals surface area (Å²) >= 11 is 3.50. The summed E-state index contributed by atoms with van der Waals surface area (Å²) in [4.78, 5) is 28.9. The molecular formula is C29H31BrN6O4. The lowest BCUT2D eigenvalue weighted by Crippen LogP contribution is -2.21. The molecule has 0 aliphatic heterocycles. The van der Waals surface area contributed by atoms with E-state index in [1.165, 1.54) is 13.3 Å². The number of urea groups is 1. The molecule has 208 valence electrons. The Hall–Kier alpha value is -4.22. The van der Waals surface area contributed by atoms with Gasteiger partial charge in [-0.2, -0.15) is 5.10 Å². The van der Waals surface area contributed by atoms with Crippen molar-refractivity contribution in [2.45, 2.75) is 33.1 Å². The smallest absolute Gasteiger partial charge is 0.324 e. The van der Waals surface area contributed by atoms with E-state index in [2.05, 4.69) is 57.6 Å². The highest BCUT2D eigenvalue weighted by molar-refractivity contribution is 9.10. The molecule has 0 spiro atoms. The van der Waals surface area contributed by atoms with Crippen LogP contribution < -0.4 is 20.7 Å². The van der Waals surface area contributed by atoms with Crippen LogP contribution in [0.3, 0.4) is 0 Å². The van der Waals surface area contributed by atoms with Crippen molar-refractivity contribution in [1.82, 2.24) is 14.8 Å². The Labute approximate surface area is 241 Å². The number of benzene rings is 2. The first-order valence-corrected chi connectivity index (χ1v) is 13.3. The minimum Gasteiger partial charge on any atom is -0.457 e. The number of nitrogens with one attached hydrogen (secondary N) is 3. The number of amides is 3. The van der Waals surface area contributed by atoms with Crippen LogP contribution in [0.4, 0.5) is 22.1 Å². The van der Waals surface area contributed by atoms with Crippen molar-refractivity contribution < 1.29 is 19.1 Å². The van der Waals surface area contributed by atoms with Crippen LogP contribution in [0.2, 0.25) is 0 Å².